The molecule has 0 radical (unpaired) electrons. The third-order valence-electron chi connectivity index (χ3n) is 13.9. The highest BCUT2D eigenvalue weighted by Crippen LogP contribution is 2.54. The summed E-state index contributed by atoms with van der Waals surface area (Å²) in [6.07, 6.45) is 22.8. The predicted octanol–water partition coefficient (Wildman–Crippen LogP) is 7.51. The maximum absolute atomic E-state index is 5.67. The molecule has 0 amide bonds. The maximum atomic E-state index is 5.67. The second-order valence-corrected chi connectivity index (χ2v) is 17.3. The molecule has 6 fully saturated rings. The van der Waals surface area contributed by atoms with Crippen LogP contribution in [0.15, 0.2) is 0 Å². The Morgan fingerprint density at radius 3 is 1.38 bits per heavy atom. The van der Waals surface area contributed by atoms with Gasteiger partial charge >= 0.3 is 0 Å². The Labute approximate surface area is 242 Å². The van der Waals surface area contributed by atoms with E-state index in [0.29, 0.717) is 22.0 Å². The van der Waals surface area contributed by atoms with Crippen LogP contribution in [0.3, 0.4) is 0 Å². The fourth-order valence-corrected chi connectivity index (χ4v) is 9.46. The van der Waals surface area contributed by atoms with Gasteiger partial charge < -0.3 is 4.74 Å². The predicted molar refractivity (Wildman–Crippen MR) is 163 cm³/mol. The Bertz CT molecular complexity index is 824. The van der Waals surface area contributed by atoms with Crippen LogP contribution in [0.1, 0.15) is 137 Å². The first kappa shape index (κ1) is 28.9. The van der Waals surface area contributed by atoms with Gasteiger partial charge in [0, 0.05) is 22.0 Å². The first-order valence-electron chi connectivity index (χ1n) is 17.3. The lowest BCUT2D eigenvalue weighted by Gasteiger charge is -2.54. The van der Waals surface area contributed by atoms with Crippen LogP contribution in [0, 0.1) is 16.2 Å². The highest BCUT2D eigenvalue weighted by molar-refractivity contribution is 5.01. The lowest BCUT2D eigenvalue weighted by Crippen LogP contribution is -2.58. The first-order chi connectivity index (χ1) is 18.5. The topological polar surface area (TPSA) is 19.0 Å². The molecule has 1 unspecified atom stereocenters. The average Bonchev–Trinajstić information content (AvgIpc) is 3.64. The van der Waals surface area contributed by atoms with E-state index < -0.39 is 0 Å². The molecule has 2 saturated carbocycles. The van der Waals surface area contributed by atoms with Crippen molar-refractivity contribution in [3.8, 4) is 0 Å². The molecule has 0 aromatic carbocycles. The van der Waals surface area contributed by atoms with E-state index in [2.05, 4.69) is 49.3 Å². The SMILES string of the molecule is CC(C)(CCCC(C)(CCC(C)(C)N1CCC2(CCC2)CC1)N1CCC2(CC1)COC2)N1CCC2(CC1)CC2. The summed E-state index contributed by atoms with van der Waals surface area (Å²) in [5, 5.41) is 0. The van der Waals surface area contributed by atoms with Gasteiger partial charge in [-0.05, 0) is 181 Å². The fraction of sp³-hybridized carbons (Fsp3) is 1.00. The molecule has 0 aromatic rings. The van der Waals surface area contributed by atoms with Crippen molar-refractivity contribution in [3.05, 3.63) is 0 Å². The zero-order valence-corrected chi connectivity index (χ0v) is 26.7. The standard InChI is InChI=1S/C35H63N3O/c1-30(2,36-24-18-34(14-15-34)19-25-36)8-6-9-32(5,38-26-20-35(21-27-38)28-39-29-35)13-12-31(3,4)37-22-16-33(17-23-37)10-7-11-33/h6-29H2,1-5H3. The maximum Gasteiger partial charge on any atom is 0.0545 e. The molecule has 39 heavy (non-hydrogen) atoms. The first-order valence-corrected chi connectivity index (χ1v) is 17.3. The lowest BCUT2D eigenvalue weighted by atomic mass is 9.63. The van der Waals surface area contributed by atoms with Gasteiger partial charge in [-0.25, -0.2) is 0 Å². The van der Waals surface area contributed by atoms with Crippen molar-refractivity contribution in [1.82, 2.24) is 14.7 Å². The average molecular weight is 542 g/mol. The Morgan fingerprint density at radius 2 is 0.949 bits per heavy atom. The van der Waals surface area contributed by atoms with E-state index in [1.54, 1.807) is 0 Å². The van der Waals surface area contributed by atoms with Gasteiger partial charge in [-0.1, -0.05) is 6.42 Å². The highest BCUT2D eigenvalue weighted by atomic mass is 16.5. The van der Waals surface area contributed by atoms with E-state index in [1.165, 1.54) is 142 Å². The Balaban J connectivity index is 1.06. The molecule has 4 aliphatic heterocycles. The van der Waals surface area contributed by atoms with Gasteiger partial charge in [-0.3, -0.25) is 14.7 Å². The van der Waals surface area contributed by atoms with Crippen molar-refractivity contribution < 1.29 is 4.74 Å². The van der Waals surface area contributed by atoms with Crippen LogP contribution in [-0.2, 0) is 4.74 Å². The van der Waals surface area contributed by atoms with E-state index in [0.717, 1.165) is 24.0 Å². The minimum atomic E-state index is 0.317. The summed E-state index contributed by atoms with van der Waals surface area (Å²) in [7, 11) is 0. The molecule has 4 heterocycles. The summed E-state index contributed by atoms with van der Waals surface area (Å²) in [5.41, 5.74) is 3.04. The molecule has 0 aromatic heterocycles. The van der Waals surface area contributed by atoms with Crippen LogP contribution in [-0.4, -0.2) is 83.8 Å². The van der Waals surface area contributed by atoms with E-state index >= 15 is 0 Å². The minimum Gasteiger partial charge on any atom is -0.380 e. The van der Waals surface area contributed by atoms with Gasteiger partial charge in [-0.2, -0.15) is 0 Å². The van der Waals surface area contributed by atoms with Crippen molar-refractivity contribution in [1.29, 1.82) is 0 Å². The molecule has 1 atom stereocenters. The zero-order valence-electron chi connectivity index (χ0n) is 26.7. The van der Waals surface area contributed by atoms with Crippen LogP contribution in [0.25, 0.3) is 0 Å². The number of nitrogens with zero attached hydrogens (tertiary/aromatic N) is 3. The molecule has 4 heteroatoms. The molecule has 224 valence electrons. The van der Waals surface area contributed by atoms with Crippen molar-refractivity contribution >= 4 is 0 Å². The molecular formula is C35H63N3O. The smallest absolute Gasteiger partial charge is 0.0545 e. The molecule has 4 nitrogen and oxygen atoms in total. The van der Waals surface area contributed by atoms with Crippen LogP contribution in [0.2, 0.25) is 0 Å². The monoisotopic (exact) mass is 541 g/mol. The largest absolute Gasteiger partial charge is 0.380 e. The number of hydrogen-bond donors (Lipinski definition) is 0. The van der Waals surface area contributed by atoms with Crippen LogP contribution < -0.4 is 0 Å². The third-order valence-corrected chi connectivity index (χ3v) is 13.9. The van der Waals surface area contributed by atoms with Gasteiger partial charge in [0.25, 0.3) is 0 Å². The Kier molecular flexibility index (Phi) is 7.81. The summed E-state index contributed by atoms with van der Waals surface area (Å²) >= 11 is 0. The number of ether oxygens (including phenoxy) is 1. The second-order valence-electron chi connectivity index (χ2n) is 17.3. The number of hydrogen-bond acceptors (Lipinski definition) is 4. The summed E-state index contributed by atoms with van der Waals surface area (Å²) in [4.78, 5) is 8.67. The van der Waals surface area contributed by atoms with Crippen molar-refractivity contribution in [3.63, 3.8) is 0 Å². The number of rotatable bonds is 10. The molecule has 6 rings (SSSR count). The summed E-state index contributed by atoms with van der Waals surface area (Å²) in [5.74, 6) is 0. The van der Waals surface area contributed by atoms with E-state index in [9.17, 15) is 0 Å². The van der Waals surface area contributed by atoms with Crippen LogP contribution in [0.4, 0.5) is 0 Å². The van der Waals surface area contributed by atoms with Gasteiger partial charge in [-0.15, -0.1) is 0 Å². The molecule has 6 aliphatic rings. The van der Waals surface area contributed by atoms with Crippen molar-refractivity contribution in [2.45, 2.75) is 154 Å². The second kappa shape index (κ2) is 10.5. The van der Waals surface area contributed by atoms with Crippen molar-refractivity contribution in [2.75, 3.05) is 52.5 Å². The molecule has 0 N–H and O–H groups in total. The van der Waals surface area contributed by atoms with Crippen LogP contribution in [0.5, 0.6) is 0 Å². The summed E-state index contributed by atoms with van der Waals surface area (Å²) in [6.45, 7) is 22.8. The van der Waals surface area contributed by atoms with Gasteiger partial charge in [0.05, 0.1) is 13.2 Å². The van der Waals surface area contributed by atoms with Gasteiger partial charge in [0.1, 0.15) is 0 Å². The van der Waals surface area contributed by atoms with E-state index in [1.807, 2.05) is 0 Å². The number of likely N-dealkylation sites (tertiary alicyclic amines) is 3. The highest BCUT2D eigenvalue weighted by Gasteiger charge is 2.48. The lowest BCUT2D eigenvalue weighted by molar-refractivity contribution is -0.149. The molecule has 2 aliphatic carbocycles. The molecule has 3 spiro atoms. The van der Waals surface area contributed by atoms with E-state index in [-0.39, 0.29) is 0 Å². The quantitative estimate of drug-likeness (QED) is 0.285. The molecule has 0 bridgehead atoms. The fourth-order valence-electron chi connectivity index (χ4n) is 9.46. The van der Waals surface area contributed by atoms with Gasteiger partial charge in [0.15, 0.2) is 0 Å². The summed E-state index contributed by atoms with van der Waals surface area (Å²) < 4.78 is 5.67. The normalized spacial score (nSPS) is 30.7. The Hall–Kier alpha value is -0.160. The molecular weight excluding hydrogens is 478 g/mol. The van der Waals surface area contributed by atoms with Gasteiger partial charge in [0.2, 0.25) is 0 Å². The Morgan fingerprint density at radius 1 is 0.487 bits per heavy atom. The van der Waals surface area contributed by atoms with E-state index in [4.69, 9.17) is 4.74 Å². The van der Waals surface area contributed by atoms with Crippen molar-refractivity contribution in [2.24, 2.45) is 16.2 Å². The number of piperidine rings is 3. The zero-order chi connectivity index (χ0) is 27.4. The van der Waals surface area contributed by atoms with Crippen LogP contribution >= 0.6 is 0 Å². The molecule has 4 saturated heterocycles. The third kappa shape index (κ3) is 6.02. The minimum absolute atomic E-state index is 0.317. The summed E-state index contributed by atoms with van der Waals surface area (Å²) in [6, 6.07) is 0.